The van der Waals surface area contributed by atoms with E-state index < -0.39 is 252 Å². The van der Waals surface area contributed by atoms with Crippen molar-refractivity contribution in [1.82, 2.24) is 0 Å². The summed E-state index contributed by atoms with van der Waals surface area (Å²) < 4.78 is 81.4. The van der Waals surface area contributed by atoms with Gasteiger partial charge in [-0.05, 0) is 76.0 Å². The van der Waals surface area contributed by atoms with Crippen LogP contribution in [0.5, 0.6) is 0 Å². The zero-order chi connectivity index (χ0) is 68.7. The first kappa shape index (κ1) is 75.5. The number of methoxy groups -OCH3 is 2. The van der Waals surface area contributed by atoms with Gasteiger partial charge >= 0.3 is 23.9 Å². The molecule has 5 aliphatic heterocycles. The molecule has 17 N–H and O–H groups in total. The summed E-state index contributed by atoms with van der Waals surface area (Å²) in [6, 6.07) is 0. The van der Waals surface area contributed by atoms with Crippen LogP contribution in [-0.4, -0.2) is 335 Å². The molecule has 9 aliphatic rings. The normalized spacial score (nSPS) is 46.8. The van der Waals surface area contributed by atoms with E-state index in [1.54, 1.807) is 6.08 Å². The Balaban J connectivity index is 0.949. The predicted molar refractivity (Wildman–Crippen MR) is 309 cm³/mol. The monoisotopic (exact) mass is 1370 g/mol. The quantitative estimate of drug-likeness (QED) is 0.0149. The number of carbonyl (C=O) groups is 4. The molecule has 95 heavy (non-hydrogen) atoms. The highest BCUT2D eigenvalue weighted by Gasteiger charge is 2.59. The van der Waals surface area contributed by atoms with Crippen LogP contribution in [0.1, 0.15) is 83.5 Å². The molecule has 30 atom stereocenters. The van der Waals surface area contributed by atoms with Crippen molar-refractivity contribution in [3.05, 3.63) is 24.3 Å². The zero-order valence-corrected chi connectivity index (χ0v) is 52.5. The molecule has 0 radical (unpaired) electrons. The fourth-order valence-electron chi connectivity index (χ4n) is 14.4. The first-order valence-corrected chi connectivity index (χ1v) is 32.5. The summed E-state index contributed by atoms with van der Waals surface area (Å²) in [4.78, 5) is 50.4. The zero-order valence-electron chi connectivity index (χ0n) is 52.5. The lowest BCUT2D eigenvalue weighted by atomic mass is 9.72. The van der Waals surface area contributed by atoms with Gasteiger partial charge in [0.05, 0.1) is 61.9 Å². The fraction of sp³-hybridized carbons (Fsp3) is 0.869. The van der Waals surface area contributed by atoms with Crippen molar-refractivity contribution < 1.29 is 167 Å². The van der Waals surface area contributed by atoms with E-state index in [9.17, 15) is 95.8 Å². The predicted octanol–water partition coefficient (Wildman–Crippen LogP) is -6.80. The number of hydrogen-bond donors (Lipinski definition) is 16. The topological polar surface area (TPSA) is 525 Å². The SMILES string of the molecule is COC1CC(C=CC(=O)O[C@H]2[C@H](O[C@H]3[C@H](OC4CC5C(O[C@@H]6O[C@H](COC(=O)CC(=O)O)[C@@H](O)[C@H](O)[C@H]6O)CC(O)CC5[OH+]C4C4CCC(O)C(O)C4)O[C@H](COC(=O)C=CC4CCC(O[C@@H]5O[C@H](CO)[C@@H](O)[C@H](O)[C@H]5O)CC4)[C@@H](O)[C@@H]3O)OC[C@@H](O)[C@@H]2O)CC(OC)C1O. The molecule has 0 amide bonds. The van der Waals surface area contributed by atoms with Crippen molar-refractivity contribution in [3.63, 3.8) is 0 Å². The maximum absolute atomic E-state index is 13.7. The Morgan fingerprint density at radius 3 is 1.73 bits per heavy atom. The molecule has 4 saturated carbocycles. The van der Waals surface area contributed by atoms with E-state index in [0.29, 0.717) is 38.5 Å². The van der Waals surface area contributed by atoms with Gasteiger partial charge in [0, 0.05) is 45.1 Å². The molecule has 0 aromatic rings. The number of carboxylic acids is 1. The number of allylic oxidation sites excluding steroid dienone is 2. The van der Waals surface area contributed by atoms with Crippen LogP contribution in [0.4, 0.5) is 0 Å². The van der Waals surface area contributed by atoms with Gasteiger partial charge in [-0.2, -0.15) is 0 Å². The summed E-state index contributed by atoms with van der Waals surface area (Å²) in [6.45, 7) is -2.74. The van der Waals surface area contributed by atoms with E-state index in [4.69, 9.17) is 71.4 Å². The van der Waals surface area contributed by atoms with E-state index in [2.05, 4.69) is 0 Å². The summed E-state index contributed by atoms with van der Waals surface area (Å²) >= 11 is 0. The molecule has 0 spiro atoms. The van der Waals surface area contributed by atoms with Crippen LogP contribution in [0.15, 0.2) is 24.3 Å². The van der Waals surface area contributed by atoms with Crippen LogP contribution in [0.3, 0.4) is 0 Å². The highest BCUT2D eigenvalue weighted by molar-refractivity contribution is 5.90. The lowest BCUT2D eigenvalue weighted by molar-refractivity contribution is -0.385. The second kappa shape index (κ2) is 34.1. The number of ether oxygens (including phenoxy) is 14. The third-order valence-electron chi connectivity index (χ3n) is 19.9. The maximum Gasteiger partial charge on any atom is 0.330 e. The van der Waals surface area contributed by atoms with Gasteiger partial charge in [0.1, 0.15) is 117 Å². The Morgan fingerprint density at radius 1 is 0.495 bits per heavy atom. The number of aliphatic hydroxyl groups is 17. The molecule has 34 nitrogen and oxygen atoms in total. The molecule has 5 heterocycles. The lowest BCUT2D eigenvalue weighted by Gasteiger charge is -2.50. The average molecular weight is 1370 g/mol. The van der Waals surface area contributed by atoms with Gasteiger partial charge in [-0.15, -0.1) is 0 Å². The molecule has 0 aromatic heterocycles. The van der Waals surface area contributed by atoms with Crippen molar-refractivity contribution in [2.45, 2.75) is 267 Å². The average Bonchev–Trinajstić information content (AvgIpc) is 0.766. The van der Waals surface area contributed by atoms with E-state index in [1.165, 1.54) is 20.3 Å². The number of rotatable bonds is 23. The molecular formula is C61H95O34+. The number of hydrogen-bond acceptors (Lipinski definition) is 32. The standard InChI is InChI=1S/C61H94O34/c1-82-35-13-25(14-36(83-2)46(35)73)6-12-43(70)94-56-45(72)32(66)21-86-60(56)95-57-52(79)49(76)40(22-84-42(69)11-5-24-3-8-28(9-4-24)87-58-53(80)50(77)47(74)38(20-62)91-58)93-61(57)90-37-18-29-33(88-55(37)26-7-10-30(64)31(65)15-26)16-27(63)17-34(29)89-59-54(81)51(78)48(75)39(92-59)23-85-44(71)19-41(67)68/h5-6,11-12,24-40,45-66,72-81H,3-4,7-10,13-23H2,1-2H3,(H,67,68)/p+1/t24?,25?,26?,27?,28?,29?,30?,31?,32-,33?,34?,35?,36?,37?,38-,39-,40-,45+,46?,47-,48-,49-,50+,51+,52+,53-,54-,55?,56-,57-,58-,59-,60+,61-/m1/s1. The van der Waals surface area contributed by atoms with Crippen molar-refractivity contribution in [1.29, 1.82) is 0 Å². The van der Waals surface area contributed by atoms with Crippen molar-refractivity contribution in [2.24, 2.45) is 23.7 Å². The van der Waals surface area contributed by atoms with Crippen LogP contribution in [-0.2, 0) is 80.8 Å². The number of aliphatic hydroxyl groups excluding tert-OH is 15. The third kappa shape index (κ3) is 18.7. The first-order valence-electron chi connectivity index (χ1n) is 32.5. The Morgan fingerprint density at radius 2 is 1.08 bits per heavy atom. The van der Waals surface area contributed by atoms with Gasteiger partial charge in [0.15, 0.2) is 43.5 Å². The molecule has 4 aliphatic carbocycles. The highest BCUT2D eigenvalue weighted by atomic mass is 16.8. The summed E-state index contributed by atoms with van der Waals surface area (Å²) in [5.74, 6) is -6.52. The molecule has 9 fully saturated rings. The molecule has 5 saturated heterocycles. The van der Waals surface area contributed by atoms with Crippen molar-refractivity contribution in [3.8, 4) is 0 Å². The minimum Gasteiger partial charge on any atom is -0.481 e. The summed E-state index contributed by atoms with van der Waals surface area (Å²) in [5.41, 5.74) is 0. The Labute approximate surface area is 545 Å². The Bertz CT molecular complexity index is 2510. The van der Waals surface area contributed by atoms with Gasteiger partial charge in [-0.25, -0.2) is 9.59 Å². The van der Waals surface area contributed by atoms with Crippen LogP contribution in [0, 0.1) is 23.7 Å². The first-order chi connectivity index (χ1) is 45.2. The van der Waals surface area contributed by atoms with Crippen molar-refractivity contribution in [2.75, 3.05) is 40.6 Å². The molecule has 542 valence electrons. The maximum atomic E-state index is 13.7. The van der Waals surface area contributed by atoms with E-state index in [-0.39, 0.29) is 50.4 Å². The van der Waals surface area contributed by atoms with Gasteiger partial charge in [0.25, 0.3) is 0 Å². The number of aliphatic carboxylic acids is 1. The Hall–Kier alpha value is -3.68. The van der Waals surface area contributed by atoms with Crippen LogP contribution in [0.25, 0.3) is 0 Å². The van der Waals surface area contributed by atoms with Crippen molar-refractivity contribution >= 4 is 23.9 Å². The summed E-state index contributed by atoms with van der Waals surface area (Å²) in [6.07, 6.45) is -36.1. The molecule has 0 bridgehead atoms. The van der Waals surface area contributed by atoms with Gasteiger partial charge in [-0.1, -0.05) is 12.2 Å². The minimum atomic E-state index is -2.07. The highest BCUT2D eigenvalue weighted by Crippen LogP contribution is 2.45. The molecule has 11 unspecified atom stereocenters. The summed E-state index contributed by atoms with van der Waals surface area (Å²) in [5, 5.41) is 173. The second-order valence-electron chi connectivity index (χ2n) is 26.3. The number of esters is 3. The number of carbonyl (C=O) groups excluding carboxylic acids is 3. The number of fused-ring (bicyclic) bond motifs is 1. The molecule has 0 aromatic carbocycles. The molecular weight excluding hydrogens is 1280 g/mol. The minimum absolute atomic E-state index is 0.00763. The van der Waals surface area contributed by atoms with E-state index >= 15 is 0 Å². The van der Waals surface area contributed by atoms with E-state index in [1.807, 2.05) is 0 Å². The number of carboxylic acid groups (broad SMARTS) is 1. The second-order valence-corrected chi connectivity index (χ2v) is 26.3. The Kier molecular flexibility index (Phi) is 27.1. The van der Waals surface area contributed by atoms with Crippen LogP contribution >= 0.6 is 0 Å². The van der Waals surface area contributed by atoms with Gasteiger partial charge in [-0.3, -0.25) is 9.59 Å². The van der Waals surface area contributed by atoms with Crippen LogP contribution < -0.4 is 0 Å². The van der Waals surface area contributed by atoms with Crippen LogP contribution in [0.2, 0.25) is 0 Å². The smallest absolute Gasteiger partial charge is 0.330 e. The molecule has 9 rings (SSSR count). The lowest BCUT2D eigenvalue weighted by Crippen LogP contribution is -2.66. The third-order valence-corrected chi connectivity index (χ3v) is 19.9. The molecule has 34 heteroatoms. The summed E-state index contributed by atoms with van der Waals surface area (Å²) in [7, 11) is 2.84. The largest absolute Gasteiger partial charge is 0.481 e. The van der Waals surface area contributed by atoms with E-state index in [0.717, 1.165) is 12.2 Å². The van der Waals surface area contributed by atoms with Gasteiger partial charge < -0.3 is 148 Å². The fourth-order valence-corrected chi connectivity index (χ4v) is 14.4. The van der Waals surface area contributed by atoms with Gasteiger partial charge in [0.2, 0.25) is 0 Å².